The van der Waals surface area contributed by atoms with Crippen molar-refractivity contribution in [1.29, 1.82) is 0 Å². The standard InChI is InChI=1S/C21H20F2N6O5S2/c1-10-25-26-20(35-10)21(31)29-6-11-9-34-18-16(36(32,33)27-15(11)7-29)8-28(2)17(18)19(30)24-12-3-4-13(22)14(23)5-12/h3-5,8,11,15,27H,6-7,9H2,1-2H3,(H,24,30). The molecule has 2 amide bonds. The summed E-state index contributed by atoms with van der Waals surface area (Å²) < 4.78 is 63.0. The van der Waals surface area contributed by atoms with Crippen LogP contribution in [0.25, 0.3) is 0 Å². The van der Waals surface area contributed by atoms with Gasteiger partial charge in [-0.1, -0.05) is 11.3 Å². The first-order valence-corrected chi connectivity index (χ1v) is 13.0. The lowest BCUT2D eigenvalue weighted by Gasteiger charge is -2.23. The molecule has 0 spiro atoms. The van der Waals surface area contributed by atoms with Gasteiger partial charge in [-0.2, -0.15) is 0 Å². The number of hydrogen-bond donors (Lipinski definition) is 2. The normalized spacial score (nSPS) is 20.6. The Labute approximate surface area is 208 Å². The van der Waals surface area contributed by atoms with E-state index in [4.69, 9.17) is 4.74 Å². The van der Waals surface area contributed by atoms with Crippen LogP contribution in [0.4, 0.5) is 14.5 Å². The lowest BCUT2D eigenvalue weighted by molar-refractivity contribution is 0.0781. The summed E-state index contributed by atoms with van der Waals surface area (Å²) in [6, 6.07) is 2.24. The van der Waals surface area contributed by atoms with Crippen molar-refractivity contribution in [3.05, 3.63) is 51.7 Å². The van der Waals surface area contributed by atoms with Crippen molar-refractivity contribution in [2.75, 3.05) is 25.0 Å². The Hall–Kier alpha value is -3.43. The second kappa shape index (κ2) is 8.90. The second-order valence-electron chi connectivity index (χ2n) is 8.50. The van der Waals surface area contributed by atoms with Gasteiger partial charge in [0.25, 0.3) is 11.8 Å². The van der Waals surface area contributed by atoms with Crippen LogP contribution in [-0.2, 0) is 17.1 Å². The molecule has 2 aliphatic heterocycles. The van der Waals surface area contributed by atoms with Crippen molar-refractivity contribution in [3.8, 4) is 5.75 Å². The smallest absolute Gasteiger partial charge is 0.284 e. The number of fused-ring (bicyclic) bond motifs is 2. The molecule has 2 aromatic heterocycles. The van der Waals surface area contributed by atoms with E-state index in [1.165, 1.54) is 28.8 Å². The van der Waals surface area contributed by atoms with Gasteiger partial charge >= 0.3 is 0 Å². The van der Waals surface area contributed by atoms with Crippen LogP contribution >= 0.6 is 11.3 Å². The molecule has 0 radical (unpaired) electrons. The van der Waals surface area contributed by atoms with E-state index in [2.05, 4.69) is 20.2 Å². The highest BCUT2D eigenvalue weighted by Gasteiger charge is 2.43. The molecule has 190 valence electrons. The maximum absolute atomic E-state index is 13.6. The maximum atomic E-state index is 13.6. The molecule has 11 nitrogen and oxygen atoms in total. The Bertz CT molecular complexity index is 1490. The molecule has 2 atom stereocenters. The van der Waals surface area contributed by atoms with E-state index in [0.29, 0.717) is 5.01 Å². The van der Waals surface area contributed by atoms with Crippen molar-refractivity contribution < 1.29 is 31.5 Å². The average Bonchev–Trinajstić information content (AvgIpc) is 3.50. The number of benzene rings is 1. The summed E-state index contributed by atoms with van der Waals surface area (Å²) in [6.45, 7) is 2.08. The van der Waals surface area contributed by atoms with Crippen LogP contribution in [0.3, 0.4) is 0 Å². The van der Waals surface area contributed by atoms with Crippen LogP contribution < -0.4 is 14.8 Å². The molecule has 2 aliphatic rings. The van der Waals surface area contributed by atoms with Crippen LogP contribution in [0, 0.1) is 24.5 Å². The number of nitrogens with one attached hydrogen (secondary N) is 2. The van der Waals surface area contributed by atoms with E-state index >= 15 is 0 Å². The summed E-state index contributed by atoms with van der Waals surface area (Å²) >= 11 is 1.15. The van der Waals surface area contributed by atoms with Gasteiger partial charge in [-0.3, -0.25) is 9.59 Å². The van der Waals surface area contributed by atoms with Gasteiger partial charge < -0.3 is 19.5 Å². The highest BCUT2D eigenvalue weighted by Crippen LogP contribution is 2.35. The van der Waals surface area contributed by atoms with E-state index in [0.717, 1.165) is 23.5 Å². The fourth-order valence-electron chi connectivity index (χ4n) is 4.25. The van der Waals surface area contributed by atoms with Crippen LogP contribution in [0.1, 0.15) is 25.3 Å². The highest BCUT2D eigenvalue weighted by molar-refractivity contribution is 7.89. The summed E-state index contributed by atoms with van der Waals surface area (Å²) in [5.41, 5.74) is -0.133. The van der Waals surface area contributed by atoms with Gasteiger partial charge in [-0.15, -0.1) is 10.2 Å². The zero-order chi connectivity index (χ0) is 25.8. The minimum absolute atomic E-state index is 0.0161. The molecule has 0 saturated carbocycles. The number of amides is 2. The molecular formula is C21H20F2N6O5S2. The van der Waals surface area contributed by atoms with Gasteiger partial charge in [-0.05, 0) is 19.1 Å². The number of aryl methyl sites for hydroxylation is 2. The molecule has 1 aromatic carbocycles. The van der Waals surface area contributed by atoms with Crippen LogP contribution in [0.2, 0.25) is 0 Å². The molecular weight excluding hydrogens is 518 g/mol. The van der Waals surface area contributed by atoms with Gasteiger partial charge in [0.2, 0.25) is 15.0 Å². The number of carbonyl (C=O) groups excluding carboxylic acids is 2. The van der Waals surface area contributed by atoms with Crippen LogP contribution in [-0.4, -0.2) is 65.6 Å². The summed E-state index contributed by atoms with van der Waals surface area (Å²) in [4.78, 5) is 27.1. The van der Waals surface area contributed by atoms with Gasteiger partial charge in [0.1, 0.15) is 9.90 Å². The zero-order valence-corrected chi connectivity index (χ0v) is 20.6. The Morgan fingerprint density at radius 2 is 2.00 bits per heavy atom. The molecule has 1 saturated heterocycles. The minimum Gasteiger partial charge on any atom is -0.489 e. The number of nitrogens with zero attached hydrogens (tertiary/aromatic N) is 4. The monoisotopic (exact) mass is 538 g/mol. The van der Waals surface area contributed by atoms with E-state index in [-0.39, 0.29) is 52.6 Å². The van der Waals surface area contributed by atoms with E-state index in [1.807, 2.05) is 0 Å². The van der Waals surface area contributed by atoms with Crippen molar-refractivity contribution in [3.63, 3.8) is 0 Å². The first kappa shape index (κ1) is 24.3. The average molecular weight is 539 g/mol. The fourth-order valence-corrected chi connectivity index (χ4v) is 6.39. The van der Waals surface area contributed by atoms with Gasteiger partial charge in [0.15, 0.2) is 23.1 Å². The number of rotatable bonds is 3. The second-order valence-corrected chi connectivity index (χ2v) is 11.4. The molecule has 5 rings (SSSR count). The fraction of sp³-hybridized carbons (Fsp3) is 0.333. The largest absolute Gasteiger partial charge is 0.489 e. The van der Waals surface area contributed by atoms with Crippen molar-refractivity contribution >= 4 is 38.9 Å². The minimum atomic E-state index is -4.13. The predicted octanol–water partition coefficient (Wildman–Crippen LogP) is 1.53. The first-order chi connectivity index (χ1) is 17.0. The number of likely N-dealkylation sites (tertiary alicyclic amines) is 1. The number of sulfonamides is 1. The number of halogens is 2. The van der Waals surface area contributed by atoms with Crippen LogP contribution in [0.5, 0.6) is 5.75 Å². The van der Waals surface area contributed by atoms with Gasteiger partial charge in [0.05, 0.1) is 6.61 Å². The molecule has 4 heterocycles. The zero-order valence-electron chi connectivity index (χ0n) is 19.0. The molecule has 1 fully saturated rings. The first-order valence-electron chi connectivity index (χ1n) is 10.7. The number of ether oxygens (including phenoxy) is 1. The molecule has 0 bridgehead atoms. The molecule has 36 heavy (non-hydrogen) atoms. The van der Waals surface area contributed by atoms with Crippen molar-refractivity contribution in [2.24, 2.45) is 13.0 Å². The topological polar surface area (TPSA) is 136 Å². The van der Waals surface area contributed by atoms with E-state index in [1.54, 1.807) is 6.92 Å². The number of hydrogen-bond acceptors (Lipinski definition) is 8. The van der Waals surface area contributed by atoms with E-state index in [9.17, 15) is 26.8 Å². The Morgan fingerprint density at radius 3 is 2.69 bits per heavy atom. The third-order valence-corrected chi connectivity index (χ3v) is 8.28. The highest BCUT2D eigenvalue weighted by atomic mass is 32.2. The van der Waals surface area contributed by atoms with E-state index < -0.39 is 39.5 Å². The van der Waals surface area contributed by atoms with Gasteiger partial charge in [0, 0.05) is 50.0 Å². The number of aromatic nitrogens is 3. The molecule has 0 aliphatic carbocycles. The lowest BCUT2D eigenvalue weighted by atomic mass is 10.1. The van der Waals surface area contributed by atoms with Gasteiger partial charge in [-0.25, -0.2) is 21.9 Å². The van der Waals surface area contributed by atoms with Crippen LogP contribution in [0.15, 0.2) is 29.3 Å². The Balaban J connectivity index is 1.41. The summed E-state index contributed by atoms with van der Waals surface area (Å²) in [5.74, 6) is -3.91. The summed E-state index contributed by atoms with van der Waals surface area (Å²) in [6.07, 6.45) is 1.24. The Kier molecular flexibility index (Phi) is 6.00. The summed E-state index contributed by atoms with van der Waals surface area (Å²) in [5, 5.41) is 11.0. The van der Waals surface area contributed by atoms with Crippen molar-refractivity contribution in [2.45, 2.75) is 17.9 Å². The number of carbonyl (C=O) groups is 2. The molecule has 2 N–H and O–H groups in total. The molecule has 3 aromatic rings. The number of anilines is 1. The molecule has 2 unspecified atom stereocenters. The Morgan fingerprint density at radius 1 is 1.22 bits per heavy atom. The van der Waals surface area contributed by atoms with Crippen molar-refractivity contribution in [1.82, 2.24) is 24.4 Å². The molecule has 15 heteroatoms. The predicted molar refractivity (Wildman–Crippen MR) is 123 cm³/mol. The lowest BCUT2D eigenvalue weighted by Crippen LogP contribution is -2.43. The quantitative estimate of drug-likeness (QED) is 0.516. The summed E-state index contributed by atoms with van der Waals surface area (Å²) in [7, 11) is -2.67. The maximum Gasteiger partial charge on any atom is 0.284 e. The third kappa shape index (κ3) is 4.33. The third-order valence-electron chi connectivity index (χ3n) is 5.97. The SMILES string of the molecule is Cc1nnc(C(=O)N2CC3COc4c(cn(C)c4C(=O)Nc4ccc(F)c(F)c4)S(=O)(=O)NC3C2)s1.